The molecule has 1 aromatic heterocycles. The summed E-state index contributed by atoms with van der Waals surface area (Å²) in [4.78, 5) is 14.6. The number of fused-ring (bicyclic) bond motifs is 1. The van der Waals surface area contributed by atoms with Crippen LogP contribution in [-0.2, 0) is 6.54 Å². The highest BCUT2D eigenvalue weighted by Gasteiger charge is 2.24. The summed E-state index contributed by atoms with van der Waals surface area (Å²) in [6.07, 6.45) is 2.10. The molecule has 1 fully saturated rings. The van der Waals surface area contributed by atoms with Gasteiger partial charge in [0.1, 0.15) is 5.75 Å². The molecule has 1 aliphatic heterocycles. The van der Waals surface area contributed by atoms with Crippen LogP contribution in [0.2, 0.25) is 0 Å². The Balaban J connectivity index is 1.52. The molecule has 0 unspecified atom stereocenters. The molecule has 0 bridgehead atoms. The van der Waals surface area contributed by atoms with Crippen molar-refractivity contribution in [3.63, 3.8) is 0 Å². The fourth-order valence-electron chi connectivity index (χ4n) is 3.81. The molecular formula is C21H23N3O2. The van der Waals surface area contributed by atoms with Crippen molar-refractivity contribution in [1.29, 1.82) is 0 Å². The summed E-state index contributed by atoms with van der Waals surface area (Å²) in [6, 6.07) is 16.2. The van der Waals surface area contributed by atoms with Gasteiger partial charge in [-0.1, -0.05) is 30.3 Å². The zero-order valence-corrected chi connectivity index (χ0v) is 14.9. The molecule has 2 aromatic carbocycles. The number of nitrogens with zero attached hydrogens (tertiary/aromatic N) is 2. The third kappa shape index (κ3) is 3.35. The summed E-state index contributed by atoms with van der Waals surface area (Å²) in [5.74, 6) is 1.06. The topological polar surface area (TPSA) is 58.2 Å². The predicted molar refractivity (Wildman–Crippen MR) is 103 cm³/mol. The van der Waals surface area contributed by atoms with E-state index in [0.29, 0.717) is 17.1 Å². The van der Waals surface area contributed by atoms with Gasteiger partial charge in [0.05, 0.1) is 18.2 Å². The number of nitrogens with one attached hydrogen (secondary N) is 1. The van der Waals surface area contributed by atoms with Crippen LogP contribution < -0.4 is 10.3 Å². The van der Waals surface area contributed by atoms with E-state index in [4.69, 9.17) is 4.74 Å². The minimum atomic E-state index is -0.163. The van der Waals surface area contributed by atoms with Crippen LogP contribution in [0.1, 0.15) is 30.0 Å². The first kappa shape index (κ1) is 16.8. The maximum atomic E-state index is 12.2. The summed E-state index contributed by atoms with van der Waals surface area (Å²) < 4.78 is 5.25. The molecule has 0 saturated carbocycles. The van der Waals surface area contributed by atoms with Gasteiger partial charge in [0.2, 0.25) is 0 Å². The number of methoxy groups -OCH3 is 1. The standard InChI is InChI=1S/C21H23N3O2/c1-26-17-7-8-18-19(13-17)21(25)23-22-20(18)16-9-11-24(12-10-16)14-15-5-3-2-4-6-15/h2-8,13,16H,9-12,14H2,1H3,(H,23,25). The van der Waals surface area contributed by atoms with Gasteiger partial charge in [-0.25, -0.2) is 5.10 Å². The predicted octanol–water partition coefficient (Wildman–Crippen LogP) is 3.31. The summed E-state index contributed by atoms with van der Waals surface area (Å²) in [6.45, 7) is 3.07. The number of likely N-dealkylation sites (tertiary alicyclic amines) is 1. The van der Waals surface area contributed by atoms with Crippen molar-refractivity contribution in [2.24, 2.45) is 0 Å². The van der Waals surface area contributed by atoms with Crippen molar-refractivity contribution >= 4 is 10.8 Å². The maximum Gasteiger partial charge on any atom is 0.272 e. The third-order valence-corrected chi connectivity index (χ3v) is 5.25. The Bertz CT molecular complexity index is 944. The maximum absolute atomic E-state index is 12.2. The number of hydrogen-bond donors (Lipinski definition) is 1. The van der Waals surface area contributed by atoms with Crippen LogP contribution in [0.15, 0.2) is 53.3 Å². The zero-order valence-electron chi connectivity index (χ0n) is 14.9. The number of ether oxygens (including phenoxy) is 1. The van der Waals surface area contributed by atoms with Gasteiger partial charge in [-0.2, -0.15) is 5.10 Å². The molecule has 5 heteroatoms. The number of rotatable bonds is 4. The number of benzene rings is 2. The third-order valence-electron chi connectivity index (χ3n) is 5.25. The largest absolute Gasteiger partial charge is 0.497 e. The van der Waals surface area contributed by atoms with Gasteiger partial charge in [0, 0.05) is 17.8 Å². The molecule has 1 saturated heterocycles. The minimum absolute atomic E-state index is 0.163. The molecule has 0 atom stereocenters. The van der Waals surface area contributed by atoms with Crippen molar-refractivity contribution in [2.45, 2.75) is 25.3 Å². The number of hydrogen-bond acceptors (Lipinski definition) is 4. The molecule has 134 valence electrons. The number of H-pyrrole nitrogens is 1. The average molecular weight is 349 g/mol. The highest BCUT2D eigenvalue weighted by atomic mass is 16.5. The Hall–Kier alpha value is -2.66. The van der Waals surface area contributed by atoms with E-state index in [9.17, 15) is 4.79 Å². The SMILES string of the molecule is COc1ccc2c(C3CCN(Cc4ccccc4)CC3)n[nH]c(=O)c2c1. The molecule has 0 spiro atoms. The van der Waals surface area contributed by atoms with Gasteiger partial charge < -0.3 is 4.74 Å². The minimum Gasteiger partial charge on any atom is -0.497 e. The lowest BCUT2D eigenvalue weighted by molar-refractivity contribution is 0.203. The number of aromatic amines is 1. The summed E-state index contributed by atoms with van der Waals surface area (Å²) in [5.41, 5.74) is 2.19. The van der Waals surface area contributed by atoms with Crippen LogP contribution in [-0.4, -0.2) is 35.3 Å². The van der Waals surface area contributed by atoms with E-state index in [2.05, 4.69) is 45.4 Å². The van der Waals surface area contributed by atoms with Crippen LogP contribution in [0.5, 0.6) is 5.75 Å². The number of aromatic nitrogens is 2. The second-order valence-electron chi connectivity index (χ2n) is 6.89. The van der Waals surface area contributed by atoms with Crippen molar-refractivity contribution in [2.75, 3.05) is 20.2 Å². The van der Waals surface area contributed by atoms with E-state index in [1.807, 2.05) is 12.1 Å². The molecule has 0 amide bonds. The van der Waals surface area contributed by atoms with Crippen LogP contribution in [0.25, 0.3) is 10.8 Å². The average Bonchev–Trinajstić information content (AvgIpc) is 2.70. The van der Waals surface area contributed by atoms with E-state index in [-0.39, 0.29) is 5.56 Å². The molecule has 26 heavy (non-hydrogen) atoms. The lowest BCUT2D eigenvalue weighted by Gasteiger charge is -2.32. The van der Waals surface area contributed by atoms with E-state index >= 15 is 0 Å². The monoisotopic (exact) mass is 349 g/mol. The Labute approximate surface area is 152 Å². The van der Waals surface area contributed by atoms with E-state index in [0.717, 1.165) is 43.6 Å². The fourth-order valence-corrected chi connectivity index (χ4v) is 3.81. The Morgan fingerprint density at radius 3 is 2.62 bits per heavy atom. The van der Waals surface area contributed by atoms with Crippen molar-refractivity contribution in [1.82, 2.24) is 15.1 Å². The Kier molecular flexibility index (Phi) is 4.71. The summed E-state index contributed by atoms with van der Waals surface area (Å²) >= 11 is 0. The Morgan fingerprint density at radius 1 is 1.12 bits per heavy atom. The molecule has 3 aromatic rings. The summed E-state index contributed by atoms with van der Waals surface area (Å²) in [7, 11) is 1.61. The second-order valence-corrected chi connectivity index (χ2v) is 6.89. The molecule has 0 radical (unpaired) electrons. The lowest BCUT2D eigenvalue weighted by atomic mass is 9.90. The normalized spacial score (nSPS) is 16.0. The fraction of sp³-hybridized carbons (Fsp3) is 0.333. The van der Waals surface area contributed by atoms with Gasteiger partial charge in [-0.05, 0) is 49.7 Å². The van der Waals surface area contributed by atoms with E-state index in [1.54, 1.807) is 13.2 Å². The number of piperidine rings is 1. The first-order valence-electron chi connectivity index (χ1n) is 9.07. The quantitative estimate of drug-likeness (QED) is 0.785. The van der Waals surface area contributed by atoms with Gasteiger partial charge in [0.15, 0.2) is 0 Å². The van der Waals surface area contributed by atoms with Crippen LogP contribution >= 0.6 is 0 Å². The van der Waals surface area contributed by atoms with Crippen molar-refractivity contribution in [3.8, 4) is 5.75 Å². The van der Waals surface area contributed by atoms with Crippen molar-refractivity contribution in [3.05, 3.63) is 70.1 Å². The van der Waals surface area contributed by atoms with Crippen LogP contribution in [0.3, 0.4) is 0 Å². The zero-order chi connectivity index (χ0) is 17.9. The van der Waals surface area contributed by atoms with Gasteiger partial charge in [-0.3, -0.25) is 9.69 Å². The first-order chi connectivity index (χ1) is 12.7. The first-order valence-corrected chi connectivity index (χ1v) is 9.07. The molecule has 1 aliphatic rings. The highest BCUT2D eigenvalue weighted by Crippen LogP contribution is 2.31. The molecule has 5 nitrogen and oxygen atoms in total. The molecule has 1 N–H and O–H groups in total. The van der Waals surface area contributed by atoms with Gasteiger partial charge >= 0.3 is 0 Å². The second kappa shape index (κ2) is 7.30. The molecule has 2 heterocycles. The molecule has 0 aliphatic carbocycles. The molecule has 4 rings (SSSR count). The Morgan fingerprint density at radius 2 is 1.88 bits per heavy atom. The summed E-state index contributed by atoms with van der Waals surface area (Å²) in [5, 5.41) is 8.66. The van der Waals surface area contributed by atoms with E-state index in [1.165, 1.54) is 5.56 Å². The van der Waals surface area contributed by atoms with Gasteiger partial charge in [-0.15, -0.1) is 0 Å². The smallest absolute Gasteiger partial charge is 0.272 e. The van der Waals surface area contributed by atoms with Crippen molar-refractivity contribution < 1.29 is 4.74 Å². The molecular weight excluding hydrogens is 326 g/mol. The highest BCUT2D eigenvalue weighted by molar-refractivity contribution is 5.85. The lowest BCUT2D eigenvalue weighted by Crippen LogP contribution is -2.33. The van der Waals surface area contributed by atoms with E-state index < -0.39 is 0 Å². The van der Waals surface area contributed by atoms with Gasteiger partial charge in [0.25, 0.3) is 5.56 Å². The van der Waals surface area contributed by atoms with Crippen LogP contribution in [0.4, 0.5) is 0 Å². The van der Waals surface area contributed by atoms with Crippen LogP contribution in [0, 0.1) is 0 Å².